The topological polar surface area (TPSA) is 58.0 Å². The molecule has 1 unspecified atom stereocenters. The van der Waals surface area contributed by atoms with Crippen molar-refractivity contribution in [1.29, 1.82) is 0 Å². The van der Waals surface area contributed by atoms with Gasteiger partial charge in [0.25, 0.3) is 0 Å². The lowest BCUT2D eigenvalue weighted by molar-refractivity contribution is 0.469. The predicted molar refractivity (Wildman–Crippen MR) is 82.4 cm³/mol. The summed E-state index contributed by atoms with van der Waals surface area (Å²) in [5, 5.41) is 13.4. The number of para-hydroxylation sites is 1. The minimum Gasteiger partial charge on any atom is -0.508 e. The molecule has 2 aromatic rings. The quantitative estimate of drug-likeness (QED) is 0.909. The Kier molecular flexibility index (Phi) is 3.88. The van der Waals surface area contributed by atoms with Crippen LogP contribution in [0.2, 0.25) is 0 Å². The third-order valence-electron chi connectivity index (χ3n) is 4.12. The number of benzene rings is 1. The van der Waals surface area contributed by atoms with Crippen molar-refractivity contribution in [2.24, 2.45) is 0 Å². The Morgan fingerprint density at radius 1 is 1.19 bits per heavy atom. The van der Waals surface area contributed by atoms with Gasteiger partial charge in [0, 0.05) is 35.0 Å². The Morgan fingerprint density at radius 2 is 1.90 bits per heavy atom. The van der Waals surface area contributed by atoms with Gasteiger partial charge in [-0.25, -0.2) is 9.97 Å². The van der Waals surface area contributed by atoms with Gasteiger partial charge in [0.2, 0.25) is 0 Å². The van der Waals surface area contributed by atoms with Crippen LogP contribution in [0.25, 0.3) is 0 Å². The van der Waals surface area contributed by atoms with E-state index in [1.807, 2.05) is 18.2 Å². The molecule has 0 spiro atoms. The fourth-order valence-electron chi connectivity index (χ4n) is 3.14. The number of rotatable bonds is 3. The normalized spacial score (nSPS) is 18.1. The van der Waals surface area contributed by atoms with Gasteiger partial charge in [-0.1, -0.05) is 18.2 Å². The molecule has 1 fully saturated rings. The largest absolute Gasteiger partial charge is 0.508 e. The van der Waals surface area contributed by atoms with Gasteiger partial charge in [-0.05, 0) is 39.3 Å². The molecule has 3 rings (SSSR count). The van der Waals surface area contributed by atoms with Gasteiger partial charge < -0.3 is 10.4 Å². The van der Waals surface area contributed by atoms with E-state index in [0.717, 1.165) is 35.7 Å². The Hall–Kier alpha value is -1.94. The summed E-state index contributed by atoms with van der Waals surface area (Å²) in [7, 11) is 0. The predicted octanol–water partition coefficient (Wildman–Crippen LogP) is 2.81. The zero-order valence-electron chi connectivity index (χ0n) is 12.6. The first-order valence-corrected chi connectivity index (χ1v) is 7.49. The van der Waals surface area contributed by atoms with Crippen LogP contribution in [0.4, 0.5) is 0 Å². The van der Waals surface area contributed by atoms with Gasteiger partial charge in [-0.15, -0.1) is 0 Å². The summed E-state index contributed by atoms with van der Waals surface area (Å²) < 4.78 is 0. The maximum absolute atomic E-state index is 9.87. The van der Waals surface area contributed by atoms with Crippen LogP contribution in [-0.2, 0) is 6.42 Å². The Bertz CT molecular complexity index is 625. The first-order chi connectivity index (χ1) is 10.1. The number of aryl methyl sites for hydroxylation is 2. The molecular weight excluding hydrogens is 262 g/mol. The molecule has 1 aliphatic heterocycles. The molecule has 4 nitrogen and oxygen atoms in total. The average Bonchev–Trinajstić information content (AvgIpc) is 2.94. The molecule has 1 aromatic heterocycles. The Balaban J connectivity index is 1.89. The second kappa shape index (κ2) is 5.82. The number of phenolic OH excluding ortho intramolecular Hbond substituents is 1. The summed E-state index contributed by atoms with van der Waals surface area (Å²) in [6.45, 7) is 5.18. The molecule has 1 saturated heterocycles. The van der Waals surface area contributed by atoms with Gasteiger partial charge in [0.15, 0.2) is 0 Å². The van der Waals surface area contributed by atoms with E-state index in [1.54, 1.807) is 6.07 Å². The summed E-state index contributed by atoms with van der Waals surface area (Å²) in [5.41, 5.74) is 4.20. The number of nitrogens with zero attached hydrogens (tertiary/aromatic N) is 2. The van der Waals surface area contributed by atoms with E-state index in [-0.39, 0.29) is 0 Å². The SMILES string of the molecule is Cc1nc(Cc2ccccc2O)nc(C)c1C1CCCN1. The molecule has 0 radical (unpaired) electrons. The van der Waals surface area contributed by atoms with E-state index in [9.17, 15) is 5.11 Å². The molecule has 0 aliphatic carbocycles. The van der Waals surface area contributed by atoms with Crippen LogP contribution in [0.15, 0.2) is 24.3 Å². The third-order valence-corrected chi connectivity index (χ3v) is 4.12. The number of hydrogen-bond acceptors (Lipinski definition) is 4. The number of phenols is 1. The molecule has 0 amide bonds. The van der Waals surface area contributed by atoms with Crippen molar-refractivity contribution >= 4 is 0 Å². The van der Waals surface area contributed by atoms with Gasteiger partial charge in [-0.3, -0.25) is 0 Å². The minimum atomic E-state index is 0.304. The number of nitrogens with one attached hydrogen (secondary N) is 1. The molecule has 110 valence electrons. The van der Waals surface area contributed by atoms with Crippen LogP contribution in [0.5, 0.6) is 5.75 Å². The molecule has 1 aromatic carbocycles. The van der Waals surface area contributed by atoms with Crippen molar-refractivity contribution < 1.29 is 5.11 Å². The molecular formula is C17H21N3O. The zero-order valence-corrected chi connectivity index (χ0v) is 12.6. The fourth-order valence-corrected chi connectivity index (χ4v) is 3.14. The molecule has 0 bridgehead atoms. The summed E-state index contributed by atoms with van der Waals surface area (Å²) in [6.07, 6.45) is 2.93. The first kappa shape index (κ1) is 14.0. The van der Waals surface area contributed by atoms with E-state index in [4.69, 9.17) is 0 Å². The highest BCUT2D eigenvalue weighted by atomic mass is 16.3. The highest BCUT2D eigenvalue weighted by molar-refractivity contribution is 5.35. The van der Waals surface area contributed by atoms with Crippen molar-refractivity contribution in [3.05, 3.63) is 52.6 Å². The molecule has 1 aliphatic rings. The molecule has 21 heavy (non-hydrogen) atoms. The minimum absolute atomic E-state index is 0.304. The summed E-state index contributed by atoms with van der Waals surface area (Å²) in [5.74, 6) is 1.08. The van der Waals surface area contributed by atoms with E-state index < -0.39 is 0 Å². The lowest BCUT2D eigenvalue weighted by Crippen LogP contribution is -2.17. The number of aromatic hydroxyl groups is 1. The number of hydrogen-bond donors (Lipinski definition) is 2. The zero-order chi connectivity index (χ0) is 14.8. The van der Waals surface area contributed by atoms with E-state index in [2.05, 4.69) is 29.1 Å². The monoisotopic (exact) mass is 283 g/mol. The van der Waals surface area contributed by atoms with Gasteiger partial charge >= 0.3 is 0 Å². The van der Waals surface area contributed by atoms with Crippen LogP contribution in [0.3, 0.4) is 0 Å². The summed E-state index contributed by atoms with van der Waals surface area (Å²) in [4.78, 5) is 9.31. The molecule has 2 heterocycles. The van der Waals surface area contributed by atoms with E-state index in [0.29, 0.717) is 18.2 Å². The van der Waals surface area contributed by atoms with Crippen molar-refractivity contribution in [3.63, 3.8) is 0 Å². The average molecular weight is 283 g/mol. The van der Waals surface area contributed by atoms with E-state index >= 15 is 0 Å². The second-order valence-corrected chi connectivity index (χ2v) is 5.68. The molecule has 4 heteroatoms. The van der Waals surface area contributed by atoms with Crippen molar-refractivity contribution in [1.82, 2.24) is 15.3 Å². The van der Waals surface area contributed by atoms with Gasteiger partial charge in [-0.2, -0.15) is 0 Å². The fraction of sp³-hybridized carbons (Fsp3) is 0.412. The molecule has 1 atom stereocenters. The maximum atomic E-state index is 9.87. The Morgan fingerprint density at radius 3 is 2.52 bits per heavy atom. The second-order valence-electron chi connectivity index (χ2n) is 5.68. The highest BCUT2D eigenvalue weighted by Gasteiger charge is 2.22. The van der Waals surface area contributed by atoms with Crippen molar-refractivity contribution in [2.45, 2.75) is 39.2 Å². The summed E-state index contributed by atoms with van der Waals surface area (Å²) >= 11 is 0. The highest BCUT2D eigenvalue weighted by Crippen LogP contribution is 2.27. The first-order valence-electron chi connectivity index (χ1n) is 7.49. The van der Waals surface area contributed by atoms with Crippen molar-refractivity contribution in [3.8, 4) is 5.75 Å². The lowest BCUT2D eigenvalue weighted by Gasteiger charge is -2.17. The molecule has 0 saturated carbocycles. The third kappa shape index (κ3) is 2.90. The maximum Gasteiger partial charge on any atom is 0.133 e. The van der Waals surface area contributed by atoms with Gasteiger partial charge in [0.05, 0.1) is 0 Å². The van der Waals surface area contributed by atoms with Crippen LogP contribution in [0.1, 0.15) is 47.2 Å². The van der Waals surface area contributed by atoms with E-state index in [1.165, 1.54) is 12.0 Å². The Labute approximate surface area is 125 Å². The summed E-state index contributed by atoms with van der Waals surface area (Å²) in [6, 6.07) is 7.75. The van der Waals surface area contributed by atoms with Crippen LogP contribution in [0, 0.1) is 13.8 Å². The lowest BCUT2D eigenvalue weighted by atomic mass is 10.0. The van der Waals surface area contributed by atoms with Crippen LogP contribution < -0.4 is 5.32 Å². The van der Waals surface area contributed by atoms with Crippen molar-refractivity contribution in [2.75, 3.05) is 6.54 Å². The standard InChI is InChI=1S/C17H21N3O/c1-11-17(14-7-5-9-18-14)12(2)20-16(19-11)10-13-6-3-4-8-15(13)21/h3-4,6,8,14,18,21H,5,7,9-10H2,1-2H3. The smallest absolute Gasteiger partial charge is 0.133 e. The van der Waals surface area contributed by atoms with Crippen LogP contribution >= 0.6 is 0 Å². The van der Waals surface area contributed by atoms with Gasteiger partial charge in [0.1, 0.15) is 11.6 Å². The van der Waals surface area contributed by atoms with Crippen LogP contribution in [-0.4, -0.2) is 21.6 Å². The number of aromatic nitrogens is 2. The molecule has 2 N–H and O–H groups in total.